The molecule has 35 heavy (non-hydrogen) atoms. The standard InChI is InChI=1S/C21H34O14/c1-21(30)4-8(32-19-16(28)14(26)12(24)9(5-22)33-19)7-2-3-31-18(11(7)21)35-20-17(29)15(27)13(25)10(6-23)34-20/h2-3,7-20,22-30H,4-6H2,1H3. The number of hydrogen-bond donors (Lipinski definition) is 9. The molecule has 1 aliphatic carbocycles. The number of hydrogen-bond acceptors (Lipinski definition) is 14. The summed E-state index contributed by atoms with van der Waals surface area (Å²) in [5, 5.41) is 90.6. The average molecular weight is 510 g/mol. The lowest BCUT2D eigenvalue weighted by molar-refractivity contribution is -0.347. The molecule has 202 valence electrons. The van der Waals surface area contributed by atoms with Gasteiger partial charge in [-0.15, -0.1) is 0 Å². The zero-order chi connectivity index (χ0) is 25.7. The Bertz CT molecular complexity index is 746. The predicted octanol–water partition coefficient (Wildman–Crippen LogP) is -4.75. The molecule has 0 bridgehead atoms. The van der Waals surface area contributed by atoms with Gasteiger partial charge in [-0.1, -0.05) is 0 Å². The van der Waals surface area contributed by atoms with Crippen LogP contribution in [0.1, 0.15) is 13.3 Å². The summed E-state index contributed by atoms with van der Waals surface area (Å²) in [4.78, 5) is 0. The van der Waals surface area contributed by atoms with Gasteiger partial charge in [0.05, 0.1) is 37.1 Å². The minimum Gasteiger partial charge on any atom is -0.472 e. The number of ether oxygens (including phenoxy) is 5. The minimum absolute atomic E-state index is 0.0135. The van der Waals surface area contributed by atoms with Crippen molar-refractivity contribution in [2.24, 2.45) is 11.8 Å². The van der Waals surface area contributed by atoms with E-state index < -0.39 is 104 Å². The maximum atomic E-state index is 11.2. The highest BCUT2D eigenvalue weighted by Crippen LogP contribution is 2.48. The van der Waals surface area contributed by atoms with Crippen LogP contribution in [-0.2, 0) is 23.7 Å². The van der Waals surface area contributed by atoms with Crippen molar-refractivity contribution in [1.29, 1.82) is 0 Å². The largest absolute Gasteiger partial charge is 0.472 e. The summed E-state index contributed by atoms with van der Waals surface area (Å²) in [6.07, 6.45) is -14.0. The van der Waals surface area contributed by atoms with Crippen LogP contribution in [-0.4, -0.2) is 139 Å². The third-order valence-corrected chi connectivity index (χ3v) is 7.26. The number of aliphatic hydroxyl groups excluding tert-OH is 8. The molecule has 3 fully saturated rings. The Hall–Kier alpha value is -0.980. The molecule has 4 rings (SSSR count). The zero-order valence-corrected chi connectivity index (χ0v) is 18.9. The second-order valence-corrected chi connectivity index (χ2v) is 9.70. The van der Waals surface area contributed by atoms with E-state index in [0.29, 0.717) is 0 Å². The van der Waals surface area contributed by atoms with E-state index in [1.807, 2.05) is 0 Å². The van der Waals surface area contributed by atoms with Gasteiger partial charge in [-0.25, -0.2) is 0 Å². The van der Waals surface area contributed by atoms with Crippen molar-refractivity contribution in [3.8, 4) is 0 Å². The molecular weight excluding hydrogens is 476 g/mol. The summed E-state index contributed by atoms with van der Waals surface area (Å²) in [6, 6.07) is 0. The maximum absolute atomic E-state index is 11.2. The van der Waals surface area contributed by atoms with Crippen LogP contribution in [0.4, 0.5) is 0 Å². The summed E-state index contributed by atoms with van der Waals surface area (Å²) in [5.41, 5.74) is -1.47. The molecule has 0 spiro atoms. The quantitative estimate of drug-likeness (QED) is 0.163. The molecule has 3 heterocycles. The van der Waals surface area contributed by atoms with Gasteiger partial charge in [-0.05, 0) is 13.0 Å². The van der Waals surface area contributed by atoms with E-state index in [-0.39, 0.29) is 6.42 Å². The van der Waals surface area contributed by atoms with Crippen LogP contribution >= 0.6 is 0 Å². The lowest BCUT2D eigenvalue weighted by Gasteiger charge is -2.44. The van der Waals surface area contributed by atoms with Gasteiger partial charge >= 0.3 is 0 Å². The number of rotatable bonds is 6. The minimum atomic E-state index is -1.67. The molecular formula is C21H34O14. The van der Waals surface area contributed by atoms with Gasteiger partial charge in [-0.2, -0.15) is 0 Å². The van der Waals surface area contributed by atoms with Gasteiger partial charge in [-0.3, -0.25) is 0 Å². The van der Waals surface area contributed by atoms with Crippen LogP contribution in [0.3, 0.4) is 0 Å². The van der Waals surface area contributed by atoms with E-state index in [4.69, 9.17) is 23.7 Å². The van der Waals surface area contributed by atoms with Gasteiger partial charge in [0, 0.05) is 12.3 Å². The Balaban J connectivity index is 1.48. The summed E-state index contributed by atoms with van der Waals surface area (Å²) in [6.45, 7) is 0.241. The number of aliphatic hydroxyl groups is 9. The fourth-order valence-corrected chi connectivity index (χ4v) is 5.26. The lowest BCUT2D eigenvalue weighted by Crippen LogP contribution is -2.60. The molecule has 4 aliphatic rings. The van der Waals surface area contributed by atoms with Crippen molar-refractivity contribution in [3.05, 3.63) is 12.3 Å². The topological polar surface area (TPSA) is 228 Å². The lowest BCUT2D eigenvalue weighted by atomic mass is 9.85. The highest BCUT2D eigenvalue weighted by atomic mass is 16.8. The Kier molecular flexibility index (Phi) is 8.05. The molecule has 0 aromatic rings. The predicted molar refractivity (Wildman–Crippen MR) is 110 cm³/mol. The van der Waals surface area contributed by atoms with Crippen molar-refractivity contribution in [1.82, 2.24) is 0 Å². The molecule has 2 saturated heterocycles. The van der Waals surface area contributed by atoms with E-state index in [9.17, 15) is 46.0 Å². The molecule has 0 radical (unpaired) electrons. The molecule has 3 aliphatic heterocycles. The van der Waals surface area contributed by atoms with Gasteiger partial charge in [0.15, 0.2) is 12.6 Å². The summed E-state index contributed by atoms with van der Waals surface area (Å²) in [7, 11) is 0. The second kappa shape index (κ2) is 10.4. The van der Waals surface area contributed by atoms with Gasteiger partial charge < -0.3 is 69.6 Å². The molecule has 14 heteroatoms. The van der Waals surface area contributed by atoms with E-state index in [0.717, 1.165) is 0 Å². The van der Waals surface area contributed by atoms with Crippen LogP contribution in [0.2, 0.25) is 0 Å². The van der Waals surface area contributed by atoms with Crippen LogP contribution in [0.15, 0.2) is 12.3 Å². The van der Waals surface area contributed by atoms with Crippen molar-refractivity contribution >= 4 is 0 Å². The Morgan fingerprint density at radius 3 is 1.80 bits per heavy atom. The summed E-state index contributed by atoms with van der Waals surface area (Å²) in [5.74, 6) is -1.37. The van der Waals surface area contributed by atoms with Gasteiger partial charge in [0.1, 0.15) is 48.8 Å². The molecule has 15 atom stereocenters. The third kappa shape index (κ3) is 4.96. The highest BCUT2D eigenvalue weighted by Gasteiger charge is 2.58. The monoisotopic (exact) mass is 510 g/mol. The first-order chi connectivity index (χ1) is 16.5. The smallest absolute Gasteiger partial charge is 0.207 e. The first-order valence-corrected chi connectivity index (χ1v) is 11.5. The first kappa shape index (κ1) is 27.1. The van der Waals surface area contributed by atoms with Gasteiger partial charge in [0.25, 0.3) is 0 Å². The maximum Gasteiger partial charge on any atom is 0.207 e. The van der Waals surface area contributed by atoms with E-state index in [2.05, 4.69) is 0 Å². The van der Waals surface area contributed by atoms with Crippen molar-refractivity contribution in [3.63, 3.8) is 0 Å². The molecule has 0 aromatic carbocycles. The third-order valence-electron chi connectivity index (χ3n) is 7.26. The molecule has 1 saturated carbocycles. The summed E-state index contributed by atoms with van der Waals surface area (Å²) < 4.78 is 28.0. The normalized spacial score (nSPS) is 54.3. The SMILES string of the molecule is CC1(O)CC(OC2OC(CO)C(O)C(O)C2O)C2C=COC(OC3OC(CO)C(O)C(O)C3O)C21. The van der Waals surface area contributed by atoms with E-state index >= 15 is 0 Å². The van der Waals surface area contributed by atoms with Crippen LogP contribution in [0, 0.1) is 11.8 Å². The first-order valence-electron chi connectivity index (χ1n) is 11.5. The van der Waals surface area contributed by atoms with Crippen LogP contribution in [0.25, 0.3) is 0 Å². The zero-order valence-electron chi connectivity index (χ0n) is 18.9. The Labute approximate surface area is 200 Å². The fraction of sp³-hybridized carbons (Fsp3) is 0.905. The Morgan fingerprint density at radius 2 is 1.29 bits per heavy atom. The van der Waals surface area contributed by atoms with E-state index in [1.165, 1.54) is 13.2 Å². The molecule has 9 N–H and O–H groups in total. The van der Waals surface area contributed by atoms with Crippen LogP contribution in [0.5, 0.6) is 0 Å². The molecule has 15 unspecified atom stereocenters. The second-order valence-electron chi connectivity index (χ2n) is 9.70. The molecule has 0 aromatic heterocycles. The van der Waals surface area contributed by atoms with Crippen molar-refractivity contribution in [2.45, 2.75) is 92.8 Å². The van der Waals surface area contributed by atoms with Gasteiger partial charge in [0.2, 0.25) is 6.29 Å². The molecule has 14 nitrogen and oxygen atoms in total. The number of fused-ring (bicyclic) bond motifs is 1. The van der Waals surface area contributed by atoms with Crippen molar-refractivity contribution < 1.29 is 69.6 Å². The Morgan fingerprint density at radius 1 is 0.771 bits per heavy atom. The van der Waals surface area contributed by atoms with E-state index in [1.54, 1.807) is 6.08 Å². The van der Waals surface area contributed by atoms with Crippen molar-refractivity contribution in [2.75, 3.05) is 13.2 Å². The summed E-state index contributed by atoms with van der Waals surface area (Å²) >= 11 is 0. The van der Waals surface area contributed by atoms with Crippen LogP contribution < -0.4 is 0 Å². The highest BCUT2D eigenvalue weighted by molar-refractivity contribution is 5.11. The molecule has 0 amide bonds. The average Bonchev–Trinajstić information content (AvgIpc) is 3.10. The fourth-order valence-electron chi connectivity index (χ4n) is 5.26.